The van der Waals surface area contributed by atoms with Gasteiger partial charge < -0.3 is 24.6 Å². The highest BCUT2D eigenvalue weighted by atomic mass is 16.7. The molecule has 0 saturated carbocycles. The zero-order chi connectivity index (χ0) is 22.0. The third-order valence-corrected chi connectivity index (χ3v) is 5.18. The van der Waals surface area contributed by atoms with Crippen LogP contribution in [0.5, 0.6) is 11.5 Å². The van der Waals surface area contributed by atoms with Crippen molar-refractivity contribution in [1.82, 2.24) is 14.9 Å². The molecule has 31 heavy (non-hydrogen) atoms. The first-order valence-corrected chi connectivity index (χ1v) is 9.91. The molecule has 164 valence electrons. The highest BCUT2D eigenvalue weighted by Gasteiger charge is 2.34. The number of benzene rings is 1. The van der Waals surface area contributed by atoms with Gasteiger partial charge in [-0.05, 0) is 37.1 Å². The molecule has 10 heteroatoms. The van der Waals surface area contributed by atoms with E-state index in [-0.39, 0.29) is 19.1 Å². The molecule has 0 bridgehead atoms. The van der Waals surface area contributed by atoms with E-state index in [4.69, 9.17) is 14.2 Å². The van der Waals surface area contributed by atoms with Gasteiger partial charge in [0.1, 0.15) is 12.3 Å². The number of rotatable bonds is 6. The fourth-order valence-electron chi connectivity index (χ4n) is 3.49. The number of hydrogen-bond acceptors (Lipinski definition) is 7. The van der Waals surface area contributed by atoms with E-state index in [1.807, 2.05) is 18.2 Å². The van der Waals surface area contributed by atoms with E-state index in [0.717, 1.165) is 5.56 Å². The van der Waals surface area contributed by atoms with Gasteiger partial charge in [0.25, 0.3) is 5.56 Å². The predicted octanol–water partition coefficient (Wildman–Crippen LogP) is 0.137. The molecule has 3 atom stereocenters. The Morgan fingerprint density at radius 2 is 2.13 bits per heavy atom. The molecule has 1 amide bonds. The van der Waals surface area contributed by atoms with Crippen molar-refractivity contribution in [2.24, 2.45) is 0 Å². The number of aryl methyl sites for hydroxylation is 1. The van der Waals surface area contributed by atoms with Gasteiger partial charge in [-0.3, -0.25) is 19.1 Å². The van der Waals surface area contributed by atoms with Crippen molar-refractivity contribution in [3.05, 3.63) is 68.5 Å². The summed E-state index contributed by atoms with van der Waals surface area (Å²) >= 11 is 0. The molecule has 2 aliphatic heterocycles. The van der Waals surface area contributed by atoms with Gasteiger partial charge in [-0.15, -0.1) is 0 Å². The van der Waals surface area contributed by atoms with Crippen molar-refractivity contribution >= 4 is 5.91 Å². The van der Waals surface area contributed by atoms with E-state index in [1.165, 1.54) is 22.9 Å². The summed E-state index contributed by atoms with van der Waals surface area (Å²) in [4.78, 5) is 37.8. The quantitative estimate of drug-likeness (QED) is 0.557. The normalized spacial score (nSPS) is 22.2. The first kappa shape index (κ1) is 20.9. The second-order valence-corrected chi connectivity index (χ2v) is 7.42. The lowest BCUT2D eigenvalue weighted by atomic mass is 10.1. The lowest BCUT2D eigenvalue weighted by Crippen LogP contribution is -2.33. The molecule has 10 nitrogen and oxygen atoms in total. The molecule has 2 aromatic rings. The van der Waals surface area contributed by atoms with Crippen molar-refractivity contribution in [2.75, 3.05) is 13.3 Å². The number of aromatic amines is 1. The smallest absolute Gasteiger partial charge is 0.330 e. The molecule has 1 saturated heterocycles. The van der Waals surface area contributed by atoms with Crippen molar-refractivity contribution in [2.45, 2.75) is 38.2 Å². The fourth-order valence-corrected chi connectivity index (χ4v) is 3.49. The van der Waals surface area contributed by atoms with Crippen molar-refractivity contribution in [3.8, 4) is 11.5 Å². The van der Waals surface area contributed by atoms with Gasteiger partial charge in [-0.25, -0.2) is 4.79 Å². The highest BCUT2D eigenvalue weighted by molar-refractivity contribution is 5.87. The Morgan fingerprint density at radius 1 is 1.32 bits per heavy atom. The number of carbonyl (C=O) groups is 1. The number of H-pyrrole nitrogens is 1. The number of aliphatic hydroxyl groups excluding tert-OH is 1. The van der Waals surface area contributed by atoms with Gasteiger partial charge in [0.2, 0.25) is 12.7 Å². The summed E-state index contributed by atoms with van der Waals surface area (Å²) in [5.41, 5.74) is 0.290. The number of nitrogens with one attached hydrogen (secondary N) is 2. The van der Waals surface area contributed by atoms with E-state index in [9.17, 15) is 19.5 Å². The fraction of sp³-hybridized carbons (Fsp3) is 0.381. The van der Waals surface area contributed by atoms with Gasteiger partial charge in [0.15, 0.2) is 11.5 Å². The van der Waals surface area contributed by atoms with Crippen LogP contribution in [0.15, 0.2) is 46.1 Å². The average Bonchev–Trinajstić information content (AvgIpc) is 3.35. The van der Waals surface area contributed by atoms with Gasteiger partial charge in [-0.2, -0.15) is 0 Å². The van der Waals surface area contributed by atoms with E-state index in [2.05, 4.69) is 10.3 Å². The van der Waals surface area contributed by atoms with Crippen LogP contribution < -0.4 is 26.0 Å². The molecule has 3 N–H and O–H groups in total. The van der Waals surface area contributed by atoms with Gasteiger partial charge in [0.05, 0.1) is 6.10 Å². The topological polar surface area (TPSA) is 132 Å². The van der Waals surface area contributed by atoms with Crippen LogP contribution in [-0.2, 0) is 16.0 Å². The molecule has 0 unspecified atom stereocenters. The van der Waals surface area contributed by atoms with Crippen LogP contribution in [0.25, 0.3) is 0 Å². The maximum atomic E-state index is 12.1. The molecule has 1 fully saturated rings. The molecule has 2 aliphatic rings. The highest BCUT2D eigenvalue weighted by Crippen LogP contribution is 2.32. The van der Waals surface area contributed by atoms with Crippen LogP contribution in [0.3, 0.4) is 0 Å². The van der Waals surface area contributed by atoms with Crippen molar-refractivity contribution in [1.29, 1.82) is 0 Å². The first-order chi connectivity index (χ1) is 14.9. The minimum Gasteiger partial charge on any atom is -0.454 e. The summed E-state index contributed by atoms with van der Waals surface area (Å²) in [6, 6.07) is 5.64. The molecule has 0 radical (unpaired) electrons. The zero-order valence-electron chi connectivity index (χ0n) is 16.9. The second-order valence-electron chi connectivity index (χ2n) is 7.42. The van der Waals surface area contributed by atoms with Crippen LogP contribution in [0.2, 0.25) is 0 Å². The molecule has 4 rings (SSSR count). The summed E-state index contributed by atoms with van der Waals surface area (Å²) < 4.78 is 17.5. The lowest BCUT2D eigenvalue weighted by molar-refractivity contribution is -0.116. The van der Waals surface area contributed by atoms with Gasteiger partial charge in [-0.1, -0.05) is 6.07 Å². The third kappa shape index (κ3) is 4.70. The predicted molar refractivity (Wildman–Crippen MR) is 109 cm³/mol. The monoisotopic (exact) mass is 429 g/mol. The SMILES string of the molecule is Cc1cn([C@H]2C[C@H](O)[C@@H](/C=C/C(=O)NCCc3ccc4c(c3)OCO4)O2)c(=O)[nH]c1=O. The minimum absolute atomic E-state index is 0.159. The average molecular weight is 429 g/mol. The molecule has 0 aliphatic carbocycles. The summed E-state index contributed by atoms with van der Waals surface area (Å²) in [5.74, 6) is 1.09. The summed E-state index contributed by atoms with van der Waals surface area (Å²) in [6.45, 7) is 2.21. The standard InChI is InChI=1S/C21H23N3O7/c1-12-10-24(21(28)23-20(12)27)19-9-14(25)15(31-19)4-5-18(26)22-7-6-13-2-3-16-17(8-13)30-11-29-16/h2-5,8,10,14-15,19,25H,6-7,9,11H2,1H3,(H,22,26)(H,23,27,28)/b5-4+/t14-,15+,19+/m0/s1. The van der Waals surface area contributed by atoms with Crippen LogP contribution in [0.4, 0.5) is 0 Å². The van der Waals surface area contributed by atoms with Gasteiger partial charge in [0, 0.05) is 30.8 Å². The van der Waals surface area contributed by atoms with Crippen molar-refractivity contribution in [3.63, 3.8) is 0 Å². The maximum Gasteiger partial charge on any atom is 0.330 e. The van der Waals surface area contributed by atoms with E-state index >= 15 is 0 Å². The summed E-state index contributed by atoms with van der Waals surface area (Å²) in [7, 11) is 0. The Kier molecular flexibility index (Phi) is 5.92. The van der Waals surface area contributed by atoms with E-state index < -0.39 is 29.7 Å². The number of aromatic nitrogens is 2. The van der Waals surface area contributed by atoms with E-state index in [0.29, 0.717) is 30.0 Å². The van der Waals surface area contributed by atoms with Crippen LogP contribution in [-0.4, -0.2) is 46.1 Å². The number of aliphatic hydroxyl groups is 1. The Balaban J connectivity index is 1.29. The van der Waals surface area contributed by atoms with Crippen molar-refractivity contribution < 1.29 is 24.1 Å². The largest absolute Gasteiger partial charge is 0.454 e. The number of amides is 1. The molecular weight excluding hydrogens is 406 g/mol. The lowest BCUT2D eigenvalue weighted by Gasteiger charge is -2.14. The van der Waals surface area contributed by atoms with E-state index in [1.54, 1.807) is 6.92 Å². The van der Waals surface area contributed by atoms with Crippen LogP contribution >= 0.6 is 0 Å². The number of nitrogens with zero attached hydrogens (tertiary/aromatic N) is 1. The molecule has 1 aromatic carbocycles. The number of carbonyl (C=O) groups excluding carboxylic acids is 1. The molecule has 3 heterocycles. The molecule has 0 spiro atoms. The summed E-state index contributed by atoms with van der Waals surface area (Å²) in [5, 5.41) is 13.0. The third-order valence-electron chi connectivity index (χ3n) is 5.18. The second kappa shape index (κ2) is 8.78. The maximum absolute atomic E-state index is 12.1. The summed E-state index contributed by atoms with van der Waals surface area (Å²) in [6.07, 6.45) is 2.57. The first-order valence-electron chi connectivity index (χ1n) is 9.91. The number of fused-ring (bicyclic) bond motifs is 1. The van der Waals surface area contributed by atoms with Gasteiger partial charge >= 0.3 is 5.69 Å². The Bertz CT molecular complexity index is 1120. The Hall–Kier alpha value is -3.37. The minimum atomic E-state index is -0.887. The Labute approximate surface area is 177 Å². The number of ether oxygens (including phenoxy) is 3. The molecule has 1 aromatic heterocycles. The number of hydrogen-bond donors (Lipinski definition) is 3. The van der Waals surface area contributed by atoms with Crippen LogP contribution in [0, 0.1) is 6.92 Å². The Morgan fingerprint density at radius 3 is 2.97 bits per heavy atom. The van der Waals surface area contributed by atoms with Crippen LogP contribution in [0.1, 0.15) is 23.8 Å². The molecular formula is C21H23N3O7. The zero-order valence-corrected chi connectivity index (χ0v) is 16.9.